The van der Waals surface area contributed by atoms with E-state index in [0.29, 0.717) is 16.7 Å². The minimum Gasteiger partial charge on any atom is -0.393 e. The van der Waals surface area contributed by atoms with Crippen LogP contribution in [0, 0.1) is 52.3 Å². The van der Waals surface area contributed by atoms with Gasteiger partial charge in [-0.05, 0) is 123 Å². The van der Waals surface area contributed by atoms with Crippen molar-refractivity contribution in [1.82, 2.24) is 0 Å². The van der Waals surface area contributed by atoms with Crippen molar-refractivity contribution in [2.75, 3.05) is 13.2 Å². The number of ether oxygens (including phenoxy) is 1. The number of aliphatic hydroxyl groups is 1. The van der Waals surface area contributed by atoms with Gasteiger partial charge >= 0.3 is 0 Å². The molecule has 0 bridgehead atoms. The summed E-state index contributed by atoms with van der Waals surface area (Å²) in [5, 5.41) is 10.2. The van der Waals surface area contributed by atoms with Gasteiger partial charge in [0.1, 0.15) is 0 Å². The molecule has 214 valence electrons. The van der Waals surface area contributed by atoms with E-state index in [2.05, 4.69) is 73.6 Å². The summed E-state index contributed by atoms with van der Waals surface area (Å²) in [6.45, 7) is 20.9. The number of aliphatic hydroxyl groups excluding tert-OH is 1. The zero-order chi connectivity index (χ0) is 27.2. The lowest BCUT2D eigenvalue weighted by atomic mass is 9.47. The molecule has 37 heavy (non-hydrogen) atoms. The lowest BCUT2D eigenvalue weighted by Crippen LogP contribution is -2.50. The molecular formula is C35H62O2. The molecule has 0 aliphatic heterocycles. The summed E-state index contributed by atoms with van der Waals surface area (Å²) >= 11 is 0. The predicted molar refractivity (Wildman–Crippen MR) is 160 cm³/mol. The first kappa shape index (κ1) is 30.9. The van der Waals surface area contributed by atoms with Crippen LogP contribution in [0.1, 0.15) is 126 Å². The van der Waals surface area contributed by atoms with Gasteiger partial charge in [-0.1, -0.05) is 79.2 Å². The maximum absolute atomic E-state index is 10.2. The Bertz CT molecular complexity index is 748. The highest BCUT2D eigenvalue weighted by atomic mass is 16.5. The zero-order valence-electron chi connectivity index (χ0n) is 25.9. The van der Waals surface area contributed by atoms with Gasteiger partial charge in [0.25, 0.3) is 0 Å². The van der Waals surface area contributed by atoms with Crippen molar-refractivity contribution in [2.45, 2.75) is 132 Å². The summed E-state index contributed by atoms with van der Waals surface area (Å²) in [5.41, 5.74) is 2.51. The molecule has 4 aliphatic rings. The fraction of sp³-hybridized carbons (Fsp3) is 0.886. The van der Waals surface area contributed by atoms with E-state index < -0.39 is 0 Å². The van der Waals surface area contributed by atoms with Crippen molar-refractivity contribution in [3.63, 3.8) is 0 Å². The van der Waals surface area contributed by atoms with Crippen LogP contribution in [0.2, 0.25) is 0 Å². The summed E-state index contributed by atoms with van der Waals surface area (Å²) in [6.07, 6.45) is 21.4. The van der Waals surface area contributed by atoms with E-state index in [0.717, 1.165) is 74.4 Å². The highest BCUT2D eigenvalue weighted by Crippen LogP contribution is 2.67. The van der Waals surface area contributed by atoms with Crippen molar-refractivity contribution >= 4 is 0 Å². The van der Waals surface area contributed by atoms with Crippen molar-refractivity contribution in [2.24, 2.45) is 52.3 Å². The van der Waals surface area contributed by atoms with Crippen LogP contribution in [0.15, 0.2) is 23.8 Å². The molecule has 4 aliphatic carbocycles. The number of allylic oxidation sites excluding steroid dienone is 3. The van der Waals surface area contributed by atoms with E-state index in [-0.39, 0.29) is 6.10 Å². The number of hydrogen-bond donors (Lipinski definition) is 1. The van der Waals surface area contributed by atoms with E-state index >= 15 is 0 Å². The summed E-state index contributed by atoms with van der Waals surface area (Å²) in [4.78, 5) is 0. The normalized spacial score (nSPS) is 38.8. The summed E-state index contributed by atoms with van der Waals surface area (Å²) < 4.78 is 5.13. The van der Waals surface area contributed by atoms with Gasteiger partial charge in [0.15, 0.2) is 0 Å². The van der Waals surface area contributed by atoms with Crippen LogP contribution >= 0.6 is 0 Å². The molecule has 0 spiro atoms. The Hall–Kier alpha value is -0.600. The molecule has 0 heterocycles. The van der Waals surface area contributed by atoms with Gasteiger partial charge in [-0.15, -0.1) is 0 Å². The molecule has 0 unspecified atom stereocenters. The lowest BCUT2D eigenvalue weighted by Gasteiger charge is -2.58. The number of fused-ring (bicyclic) bond motifs is 5. The van der Waals surface area contributed by atoms with Crippen LogP contribution in [-0.2, 0) is 4.74 Å². The first-order valence-corrected chi connectivity index (χ1v) is 16.3. The Kier molecular flexibility index (Phi) is 11.4. The van der Waals surface area contributed by atoms with Gasteiger partial charge in [0, 0.05) is 13.2 Å². The van der Waals surface area contributed by atoms with Gasteiger partial charge in [-0.3, -0.25) is 0 Å². The van der Waals surface area contributed by atoms with Crippen LogP contribution in [0.3, 0.4) is 0 Å². The van der Waals surface area contributed by atoms with Crippen molar-refractivity contribution in [3.05, 3.63) is 23.8 Å². The first-order chi connectivity index (χ1) is 17.6. The summed E-state index contributed by atoms with van der Waals surface area (Å²) in [6, 6.07) is 0. The highest BCUT2D eigenvalue weighted by Gasteiger charge is 2.58. The average Bonchev–Trinajstić information content (AvgIpc) is 3.22. The highest BCUT2D eigenvalue weighted by molar-refractivity contribution is 5.25. The standard InChI is InChI=1S/C29H48O.C6H14O/c1-7-21(19(2)3)9-8-20(4)25-12-13-26-24-11-10-22-18-23(30)14-16-28(22,5)27(24)15-17-29(25,26)6;1-3-5-7-6-4-2/h8-10,19-21,23-27,30H,7,11-18H2,1-6H3;3-6H2,1-2H3/b9-8+;/t20-,21-,23+,24+,25-,26+,27+,28+,29-;/m1./s1. The first-order valence-electron chi connectivity index (χ1n) is 16.3. The van der Waals surface area contributed by atoms with Crippen LogP contribution in [-0.4, -0.2) is 24.4 Å². The van der Waals surface area contributed by atoms with Gasteiger partial charge in [0.05, 0.1) is 6.10 Å². The SMILES string of the molecule is CCCOCCC.CC[C@H](/C=C/[C@@H](C)[C@H]1CC[C@H]2[C@@H]3CC=C4C[C@@H](O)CC[C@]4(C)[C@H]3CC[C@]12C)C(C)C. The lowest BCUT2D eigenvalue weighted by molar-refractivity contribution is -0.0540. The second-order valence-electron chi connectivity index (χ2n) is 14.1. The van der Waals surface area contributed by atoms with Crippen LogP contribution < -0.4 is 0 Å². The molecule has 2 heteroatoms. The van der Waals surface area contributed by atoms with E-state index in [4.69, 9.17) is 4.74 Å². The Labute approximate surface area is 231 Å². The van der Waals surface area contributed by atoms with Gasteiger partial charge in [-0.2, -0.15) is 0 Å². The quantitative estimate of drug-likeness (QED) is 0.245. The molecule has 0 aromatic carbocycles. The van der Waals surface area contributed by atoms with E-state index in [1.807, 2.05) is 0 Å². The molecule has 0 aromatic heterocycles. The zero-order valence-corrected chi connectivity index (χ0v) is 25.9. The Balaban J connectivity index is 0.000000479. The van der Waals surface area contributed by atoms with Gasteiger partial charge < -0.3 is 9.84 Å². The number of hydrogen-bond acceptors (Lipinski definition) is 2. The maximum Gasteiger partial charge on any atom is 0.0577 e. The molecule has 9 atom stereocenters. The number of rotatable bonds is 9. The molecule has 1 N–H and O–H groups in total. The molecular weight excluding hydrogens is 452 g/mol. The topological polar surface area (TPSA) is 29.5 Å². The molecule has 0 saturated heterocycles. The van der Waals surface area contributed by atoms with Gasteiger partial charge in [0.2, 0.25) is 0 Å². The van der Waals surface area contributed by atoms with Crippen LogP contribution in [0.4, 0.5) is 0 Å². The fourth-order valence-electron chi connectivity index (χ4n) is 9.22. The molecule has 3 saturated carbocycles. The van der Waals surface area contributed by atoms with E-state index in [1.54, 1.807) is 5.57 Å². The minimum absolute atomic E-state index is 0.0870. The van der Waals surface area contributed by atoms with E-state index in [1.165, 1.54) is 44.9 Å². The largest absolute Gasteiger partial charge is 0.393 e. The average molecular weight is 515 g/mol. The summed E-state index contributed by atoms with van der Waals surface area (Å²) in [7, 11) is 0. The van der Waals surface area contributed by atoms with Crippen molar-refractivity contribution < 1.29 is 9.84 Å². The second kappa shape index (κ2) is 13.6. The Morgan fingerprint density at radius 3 is 2.27 bits per heavy atom. The third-order valence-electron chi connectivity index (χ3n) is 11.5. The molecule has 2 nitrogen and oxygen atoms in total. The Morgan fingerprint density at radius 2 is 1.65 bits per heavy atom. The Morgan fingerprint density at radius 1 is 0.946 bits per heavy atom. The van der Waals surface area contributed by atoms with Gasteiger partial charge in [-0.25, -0.2) is 0 Å². The van der Waals surface area contributed by atoms with Crippen molar-refractivity contribution in [1.29, 1.82) is 0 Å². The predicted octanol–water partition coefficient (Wildman–Crippen LogP) is 9.62. The third kappa shape index (κ3) is 6.77. The smallest absolute Gasteiger partial charge is 0.0577 e. The maximum atomic E-state index is 10.2. The third-order valence-corrected chi connectivity index (χ3v) is 11.5. The summed E-state index contributed by atoms with van der Waals surface area (Å²) in [5.74, 6) is 5.70. The molecule has 0 radical (unpaired) electrons. The molecule has 4 rings (SSSR count). The molecule has 3 fully saturated rings. The molecule has 0 amide bonds. The minimum atomic E-state index is -0.0870. The van der Waals surface area contributed by atoms with Crippen LogP contribution in [0.5, 0.6) is 0 Å². The second-order valence-corrected chi connectivity index (χ2v) is 14.1. The van der Waals surface area contributed by atoms with E-state index in [9.17, 15) is 5.11 Å². The molecule has 0 aromatic rings. The fourth-order valence-corrected chi connectivity index (χ4v) is 9.22. The van der Waals surface area contributed by atoms with Crippen LogP contribution in [0.25, 0.3) is 0 Å². The van der Waals surface area contributed by atoms with Crippen molar-refractivity contribution in [3.8, 4) is 0 Å². The monoisotopic (exact) mass is 514 g/mol.